The molecule has 30 heavy (non-hydrogen) atoms. The smallest absolute Gasteiger partial charge is 0.334 e. The molecule has 0 unspecified atom stereocenters. The van der Waals surface area contributed by atoms with E-state index in [1.54, 1.807) is 0 Å². The summed E-state index contributed by atoms with van der Waals surface area (Å²) in [6.45, 7) is 3.83. The second-order valence-electron chi connectivity index (χ2n) is 7.39. The van der Waals surface area contributed by atoms with Crippen LogP contribution in [0.2, 0.25) is 0 Å². The van der Waals surface area contributed by atoms with Gasteiger partial charge in [-0.05, 0) is 12.5 Å². The van der Waals surface area contributed by atoms with Gasteiger partial charge >= 0.3 is 5.97 Å². The molecule has 2 atom stereocenters. The van der Waals surface area contributed by atoms with E-state index in [1.807, 2.05) is 117 Å². The predicted molar refractivity (Wildman–Crippen MR) is 124 cm³/mol. The van der Waals surface area contributed by atoms with Crippen molar-refractivity contribution in [3.05, 3.63) is 114 Å². The van der Waals surface area contributed by atoms with Gasteiger partial charge in [-0.25, -0.2) is 4.79 Å². The van der Waals surface area contributed by atoms with Crippen molar-refractivity contribution >= 4 is 17.8 Å². The molecule has 3 heteroatoms. The van der Waals surface area contributed by atoms with Gasteiger partial charge < -0.3 is 4.74 Å². The molecule has 0 aliphatic heterocycles. The van der Waals surface area contributed by atoms with Gasteiger partial charge in [-0.15, -0.1) is 0 Å². The third kappa shape index (κ3) is 4.93. The zero-order valence-corrected chi connectivity index (χ0v) is 17.7. The van der Waals surface area contributed by atoms with Crippen LogP contribution in [0.1, 0.15) is 30.5 Å². The number of hydrogen-bond acceptors (Lipinski definition) is 3. The van der Waals surface area contributed by atoms with Crippen molar-refractivity contribution in [2.24, 2.45) is 10.9 Å². The molecule has 0 amide bonds. The second kappa shape index (κ2) is 9.84. The van der Waals surface area contributed by atoms with Crippen LogP contribution in [0.4, 0.5) is 0 Å². The Balaban J connectivity index is 2.08. The minimum atomic E-state index is -1.08. The molecule has 0 fully saturated rings. The van der Waals surface area contributed by atoms with E-state index in [0.29, 0.717) is 0 Å². The highest BCUT2D eigenvalue weighted by atomic mass is 16.5. The Morgan fingerprint density at radius 3 is 1.80 bits per heavy atom. The van der Waals surface area contributed by atoms with Crippen LogP contribution in [0.3, 0.4) is 0 Å². The van der Waals surface area contributed by atoms with Crippen molar-refractivity contribution in [2.45, 2.75) is 19.4 Å². The molecule has 0 heterocycles. The number of methoxy groups -OCH3 is 1. The van der Waals surface area contributed by atoms with Gasteiger partial charge in [0.15, 0.2) is 5.54 Å². The summed E-state index contributed by atoms with van der Waals surface area (Å²) in [5, 5.41) is 0. The van der Waals surface area contributed by atoms with E-state index in [2.05, 4.69) is 0 Å². The second-order valence-corrected chi connectivity index (χ2v) is 7.39. The number of carbonyl (C=O) groups is 1. The number of nitrogens with zero attached hydrogens (tertiary/aromatic N) is 1. The van der Waals surface area contributed by atoms with Crippen molar-refractivity contribution in [3.63, 3.8) is 0 Å². The van der Waals surface area contributed by atoms with Gasteiger partial charge in [-0.1, -0.05) is 110 Å². The maximum Gasteiger partial charge on any atom is 0.334 e. The fraction of sp³-hybridized carbons (Fsp3) is 0.185. The first-order valence-electron chi connectivity index (χ1n) is 10.1. The molecule has 3 nitrogen and oxygen atoms in total. The van der Waals surface area contributed by atoms with Crippen LogP contribution < -0.4 is 0 Å². The van der Waals surface area contributed by atoms with Crippen molar-refractivity contribution in [1.82, 2.24) is 0 Å². The van der Waals surface area contributed by atoms with Gasteiger partial charge in [0.2, 0.25) is 0 Å². The molecule has 0 radical (unpaired) electrons. The van der Waals surface area contributed by atoms with Gasteiger partial charge in [0.25, 0.3) is 0 Å². The Labute approximate surface area is 178 Å². The van der Waals surface area contributed by atoms with Crippen LogP contribution in [0.15, 0.2) is 102 Å². The summed E-state index contributed by atoms with van der Waals surface area (Å²) in [5.41, 5.74) is 2.67. The van der Waals surface area contributed by atoms with Crippen LogP contribution in [0.25, 0.3) is 6.08 Å². The highest BCUT2D eigenvalue weighted by molar-refractivity contribution is 6.13. The molecule has 0 saturated heterocycles. The first kappa shape index (κ1) is 21.3. The van der Waals surface area contributed by atoms with Crippen LogP contribution in [0, 0.1) is 5.92 Å². The van der Waals surface area contributed by atoms with Gasteiger partial charge in [0.1, 0.15) is 0 Å². The molecule has 3 aromatic carbocycles. The average Bonchev–Trinajstić information content (AvgIpc) is 2.82. The Kier molecular flexibility index (Phi) is 6.97. The van der Waals surface area contributed by atoms with Gasteiger partial charge in [0.05, 0.1) is 12.8 Å². The van der Waals surface area contributed by atoms with E-state index in [0.717, 1.165) is 22.4 Å². The summed E-state index contributed by atoms with van der Waals surface area (Å²) in [6.07, 6.45) is 4.04. The standard InChI is InChI=1S/C27H27NO2/c1-21(19-20-22-13-7-4-8-14-22)27(2,26(29)30-3)28-25(23-15-9-5-10-16-23)24-17-11-6-12-18-24/h4-21H,1-3H3/b20-19+/t21-,27+/m1/s1. The number of benzene rings is 3. The summed E-state index contributed by atoms with van der Waals surface area (Å²) in [7, 11) is 1.41. The number of ether oxygens (including phenoxy) is 1. The largest absolute Gasteiger partial charge is 0.467 e. The lowest BCUT2D eigenvalue weighted by atomic mass is 9.86. The molecule has 3 aromatic rings. The Bertz CT molecular complexity index is 969. The van der Waals surface area contributed by atoms with E-state index in [1.165, 1.54) is 7.11 Å². The average molecular weight is 398 g/mol. The molecule has 0 saturated carbocycles. The summed E-state index contributed by atoms with van der Waals surface area (Å²) >= 11 is 0. The van der Waals surface area contributed by atoms with E-state index >= 15 is 0 Å². The van der Waals surface area contributed by atoms with Crippen molar-refractivity contribution in [1.29, 1.82) is 0 Å². The SMILES string of the molecule is COC(=O)[C@@](C)(N=C(c1ccccc1)c1ccccc1)[C@H](C)/C=C/c1ccccc1. The molecule has 0 bridgehead atoms. The van der Waals surface area contributed by atoms with Crippen LogP contribution in [-0.2, 0) is 9.53 Å². The summed E-state index contributed by atoms with van der Waals surface area (Å²) in [5.74, 6) is -0.551. The number of aliphatic imine (C=N–C) groups is 1. The van der Waals surface area contributed by atoms with Crippen LogP contribution in [-0.4, -0.2) is 24.3 Å². The minimum Gasteiger partial charge on any atom is -0.467 e. The molecule has 152 valence electrons. The fourth-order valence-corrected chi connectivity index (χ4v) is 3.27. The molecule has 0 spiro atoms. The van der Waals surface area contributed by atoms with Crippen molar-refractivity contribution in [2.75, 3.05) is 7.11 Å². The molecule has 0 N–H and O–H groups in total. The maximum atomic E-state index is 12.9. The van der Waals surface area contributed by atoms with Crippen molar-refractivity contribution in [3.8, 4) is 0 Å². The topological polar surface area (TPSA) is 38.7 Å². The highest BCUT2D eigenvalue weighted by Crippen LogP contribution is 2.28. The predicted octanol–water partition coefficient (Wildman–Crippen LogP) is 5.81. The zero-order chi connectivity index (χ0) is 21.4. The summed E-state index contributed by atoms with van der Waals surface area (Å²) in [6, 6.07) is 29.9. The zero-order valence-electron chi connectivity index (χ0n) is 17.7. The molecule has 3 rings (SSSR count). The Hall–Kier alpha value is -3.46. The monoisotopic (exact) mass is 397 g/mol. The third-order valence-corrected chi connectivity index (χ3v) is 5.30. The molecular weight excluding hydrogens is 370 g/mol. The lowest BCUT2D eigenvalue weighted by Crippen LogP contribution is -2.41. The van der Waals surface area contributed by atoms with Gasteiger partial charge in [-0.3, -0.25) is 4.99 Å². The lowest BCUT2D eigenvalue weighted by Gasteiger charge is -2.28. The number of rotatable bonds is 7. The van der Waals surface area contributed by atoms with E-state index in [9.17, 15) is 4.79 Å². The van der Waals surface area contributed by atoms with Crippen LogP contribution >= 0.6 is 0 Å². The summed E-state index contributed by atoms with van der Waals surface area (Å²) < 4.78 is 5.18. The number of hydrogen-bond donors (Lipinski definition) is 0. The van der Waals surface area contributed by atoms with E-state index in [4.69, 9.17) is 9.73 Å². The maximum absolute atomic E-state index is 12.9. The van der Waals surface area contributed by atoms with Crippen molar-refractivity contribution < 1.29 is 9.53 Å². The minimum absolute atomic E-state index is 0.187. The van der Waals surface area contributed by atoms with Gasteiger partial charge in [0, 0.05) is 17.0 Å². The first-order chi connectivity index (χ1) is 14.5. The summed E-state index contributed by atoms with van der Waals surface area (Å²) in [4.78, 5) is 17.9. The third-order valence-electron chi connectivity index (χ3n) is 5.30. The molecule has 0 aromatic heterocycles. The Morgan fingerprint density at radius 2 is 1.33 bits per heavy atom. The normalized spacial score (nSPS) is 14.0. The highest BCUT2D eigenvalue weighted by Gasteiger charge is 2.39. The lowest BCUT2D eigenvalue weighted by molar-refractivity contribution is -0.147. The number of carbonyl (C=O) groups excluding carboxylic acids is 1. The van der Waals surface area contributed by atoms with E-state index < -0.39 is 5.54 Å². The molecule has 0 aliphatic rings. The Morgan fingerprint density at radius 1 is 0.867 bits per heavy atom. The first-order valence-corrected chi connectivity index (χ1v) is 10.1. The van der Waals surface area contributed by atoms with Crippen LogP contribution in [0.5, 0.6) is 0 Å². The number of esters is 1. The fourth-order valence-electron chi connectivity index (χ4n) is 3.27. The quantitative estimate of drug-likeness (QED) is 0.373. The van der Waals surface area contributed by atoms with E-state index in [-0.39, 0.29) is 11.9 Å². The molecular formula is C27H27NO2. The molecule has 0 aliphatic carbocycles. The van der Waals surface area contributed by atoms with Gasteiger partial charge in [-0.2, -0.15) is 0 Å².